The lowest BCUT2D eigenvalue weighted by molar-refractivity contribution is -0.119. The van der Waals surface area contributed by atoms with Gasteiger partial charge in [0.05, 0.1) is 17.4 Å². The van der Waals surface area contributed by atoms with Crippen molar-refractivity contribution in [3.8, 4) is 0 Å². The third kappa shape index (κ3) is 4.43. The van der Waals surface area contributed by atoms with Crippen LogP contribution in [0.3, 0.4) is 0 Å². The van der Waals surface area contributed by atoms with E-state index < -0.39 is 0 Å². The number of aliphatic hydroxyl groups is 1. The molecule has 0 radical (unpaired) electrons. The molecule has 1 unspecified atom stereocenters. The van der Waals surface area contributed by atoms with Gasteiger partial charge in [0.15, 0.2) is 0 Å². The molecule has 3 nitrogen and oxygen atoms in total. The van der Waals surface area contributed by atoms with Crippen molar-refractivity contribution in [3.05, 3.63) is 29.3 Å². The topological polar surface area (TPSA) is 49.3 Å². The van der Waals surface area contributed by atoms with Gasteiger partial charge in [0.1, 0.15) is 0 Å². The first kappa shape index (κ1) is 13.4. The van der Waals surface area contributed by atoms with E-state index in [9.17, 15) is 4.79 Å². The normalized spacial score (nSPS) is 12.2. The molecule has 1 aromatic carbocycles. The van der Waals surface area contributed by atoms with Crippen molar-refractivity contribution in [2.24, 2.45) is 0 Å². The van der Waals surface area contributed by atoms with Crippen LogP contribution in [0, 0.1) is 0 Å². The van der Waals surface area contributed by atoms with Crippen LogP contribution in [0.1, 0.15) is 6.92 Å². The second-order valence-electron chi connectivity index (χ2n) is 3.37. The van der Waals surface area contributed by atoms with Crippen LogP contribution >= 0.6 is 23.4 Å². The summed E-state index contributed by atoms with van der Waals surface area (Å²) in [6, 6.07) is 7.18. The number of nitrogens with one attached hydrogen (secondary N) is 1. The monoisotopic (exact) mass is 259 g/mol. The van der Waals surface area contributed by atoms with Gasteiger partial charge in [-0.15, -0.1) is 11.8 Å². The predicted octanol–water partition coefficient (Wildman–Crippen LogP) is 1.93. The highest BCUT2D eigenvalue weighted by Gasteiger charge is 2.07. The van der Waals surface area contributed by atoms with Crippen molar-refractivity contribution >= 4 is 29.3 Å². The molecular formula is C11H14ClNO2S. The fourth-order valence-corrected chi connectivity index (χ4v) is 2.12. The molecule has 88 valence electrons. The number of benzene rings is 1. The number of rotatable bonds is 5. The maximum Gasteiger partial charge on any atom is 0.230 e. The maximum atomic E-state index is 11.4. The molecule has 1 atom stereocenters. The third-order valence-electron chi connectivity index (χ3n) is 1.88. The van der Waals surface area contributed by atoms with Gasteiger partial charge in [-0.25, -0.2) is 0 Å². The van der Waals surface area contributed by atoms with Crippen LogP contribution in [0.15, 0.2) is 29.2 Å². The average molecular weight is 260 g/mol. The van der Waals surface area contributed by atoms with Crippen molar-refractivity contribution < 1.29 is 9.90 Å². The highest BCUT2D eigenvalue weighted by molar-refractivity contribution is 8.00. The van der Waals surface area contributed by atoms with Gasteiger partial charge < -0.3 is 10.4 Å². The molecular weight excluding hydrogens is 246 g/mol. The van der Waals surface area contributed by atoms with E-state index in [0.29, 0.717) is 10.8 Å². The lowest BCUT2D eigenvalue weighted by Crippen LogP contribution is -2.36. The molecule has 1 amide bonds. The minimum absolute atomic E-state index is 0.0531. The van der Waals surface area contributed by atoms with Crippen LogP contribution in [0.4, 0.5) is 0 Å². The summed E-state index contributed by atoms with van der Waals surface area (Å²) in [5.41, 5.74) is 0. The highest BCUT2D eigenvalue weighted by atomic mass is 35.5. The molecule has 1 rings (SSSR count). The van der Waals surface area contributed by atoms with E-state index in [1.165, 1.54) is 11.8 Å². The maximum absolute atomic E-state index is 11.4. The third-order valence-corrected chi connectivity index (χ3v) is 3.39. The van der Waals surface area contributed by atoms with Crippen LogP contribution in [-0.4, -0.2) is 29.4 Å². The largest absolute Gasteiger partial charge is 0.394 e. The molecule has 0 saturated heterocycles. The van der Waals surface area contributed by atoms with E-state index in [-0.39, 0.29) is 18.6 Å². The Morgan fingerprint density at radius 3 is 2.88 bits per heavy atom. The zero-order chi connectivity index (χ0) is 12.0. The van der Waals surface area contributed by atoms with Gasteiger partial charge in [0.2, 0.25) is 5.91 Å². The lowest BCUT2D eigenvalue weighted by Gasteiger charge is -2.10. The first-order valence-electron chi connectivity index (χ1n) is 4.91. The van der Waals surface area contributed by atoms with E-state index in [4.69, 9.17) is 16.7 Å². The Labute approximate surface area is 104 Å². The molecule has 2 N–H and O–H groups in total. The second-order valence-corrected chi connectivity index (χ2v) is 4.79. The van der Waals surface area contributed by atoms with E-state index in [0.717, 1.165) is 4.90 Å². The number of aliphatic hydroxyl groups excluding tert-OH is 1. The highest BCUT2D eigenvalue weighted by Crippen LogP contribution is 2.26. The molecule has 0 fully saturated rings. The molecule has 0 aromatic heterocycles. The zero-order valence-electron chi connectivity index (χ0n) is 8.94. The Hall–Kier alpha value is -0.710. The Bertz CT molecular complexity index is 360. The van der Waals surface area contributed by atoms with Gasteiger partial charge >= 0.3 is 0 Å². The van der Waals surface area contributed by atoms with E-state index in [1.807, 2.05) is 18.2 Å². The van der Waals surface area contributed by atoms with E-state index in [1.54, 1.807) is 13.0 Å². The number of hydrogen-bond donors (Lipinski definition) is 2. The minimum atomic E-state index is -0.209. The molecule has 0 heterocycles. The predicted molar refractivity (Wildman–Crippen MR) is 66.9 cm³/mol. The Balaban J connectivity index is 2.40. The van der Waals surface area contributed by atoms with Crippen molar-refractivity contribution in [3.63, 3.8) is 0 Å². The Kier molecular flexibility index (Phi) is 5.66. The number of carbonyl (C=O) groups is 1. The molecule has 5 heteroatoms. The van der Waals surface area contributed by atoms with Crippen LogP contribution in [0.2, 0.25) is 5.02 Å². The summed E-state index contributed by atoms with van der Waals surface area (Å²) in [5.74, 6) is 0.195. The molecule has 0 aliphatic heterocycles. The summed E-state index contributed by atoms with van der Waals surface area (Å²) in [6.07, 6.45) is 0. The van der Waals surface area contributed by atoms with Gasteiger partial charge in [0, 0.05) is 10.9 Å². The number of halogens is 1. The van der Waals surface area contributed by atoms with E-state index in [2.05, 4.69) is 5.32 Å². The number of hydrogen-bond acceptors (Lipinski definition) is 3. The van der Waals surface area contributed by atoms with E-state index >= 15 is 0 Å². The number of amides is 1. The smallest absolute Gasteiger partial charge is 0.230 e. The summed E-state index contributed by atoms with van der Waals surface area (Å²) in [7, 11) is 0. The first-order chi connectivity index (χ1) is 7.63. The van der Waals surface area contributed by atoms with Gasteiger partial charge in [-0.05, 0) is 19.1 Å². The van der Waals surface area contributed by atoms with Gasteiger partial charge in [-0.2, -0.15) is 0 Å². The van der Waals surface area contributed by atoms with Crippen LogP contribution in [-0.2, 0) is 4.79 Å². The summed E-state index contributed by atoms with van der Waals surface area (Å²) < 4.78 is 0. The number of carbonyl (C=O) groups excluding carboxylic acids is 1. The summed E-state index contributed by atoms with van der Waals surface area (Å²) in [4.78, 5) is 12.3. The molecule has 0 aliphatic carbocycles. The fraction of sp³-hybridized carbons (Fsp3) is 0.364. The van der Waals surface area contributed by atoms with Crippen LogP contribution < -0.4 is 5.32 Å². The summed E-state index contributed by atoms with van der Waals surface area (Å²) in [5, 5.41) is 12.1. The minimum Gasteiger partial charge on any atom is -0.394 e. The Morgan fingerprint density at radius 1 is 1.56 bits per heavy atom. The fourth-order valence-electron chi connectivity index (χ4n) is 1.07. The standard InChI is InChI=1S/C11H14ClNO2S/c1-8(6-14)13-11(15)7-16-10-5-3-2-4-9(10)12/h2-5,8,14H,6-7H2,1H3,(H,13,15). The van der Waals surface area contributed by atoms with Crippen LogP contribution in [0.5, 0.6) is 0 Å². The van der Waals surface area contributed by atoms with Gasteiger partial charge in [0.25, 0.3) is 0 Å². The molecule has 16 heavy (non-hydrogen) atoms. The molecule has 0 bridgehead atoms. The molecule has 0 spiro atoms. The van der Waals surface area contributed by atoms with Gasteiger partial charge in [-0.3, -0.25) is 4.79 Å². The van der Waals surface area contributed by atoms with Crippen LogP contribution in [0.25, 0.3) is 0 Å². The zero-order valence-corrected chi connectivity index (χ0v) is 10.5. The lowest BCUT2D eigenvalue weighted by atomic mass is 10.4. The SMILES string of the molecule is CC(CO)NC(=O)CSc1ccccc1Cl. The molecule has 1 aromatic rings. The second kappa shape index (κ2) is 6.78. The quantitative estimate of drug-likeness (QED) is 0.795. The van der Waals surface area contributed by atoms with Crippen molar-refractivity contribution in [2.45, 2.75) is 17.9 Å². The average Bonchev–Trinajstić information content (AvgIpc) is 2.28. The first-order valence-corrected chi connectivity index (χ1v) is 6.27. The van der Waals surface area contributed by atoms with Crippen molar-refractivity contribution in [1.82, 2.24) is 5.32 Å². The van der Waals surface area contributed by atoms with Crippen molar-refractivity contribution in [1.29, 1.82) is 0 Å². The van der Waals surface area contributed by atoms with Crippen molar-refractivity contribution in [2.75, 3.05) is 12.4 Å². The molecule has 0 aliphatic rings. The van der Waals surface area contributed by atoms with Gasteiger partial charge in [-0.1, -0.05) is 23.7 Å². The Morgan fingerprint density at radius 2 is 2.25 bits per heavy atom. The molecule has 0 saturated carbocycles. The summed E-state index contributed by atoms with van der Waals surface area (Å²) >= 11 is 7.33. The summed E-state index contributed by atoms with van der Waals surface area (Å²) in [6.45, 7) is 1.70. The number of thioether (sulfide) groups is 1.